The van der Waals surface area contributed by atoms with E-state index in [2.05, 4.69) is 5.32 Å². The van der Waals surface area contributed by atoms with Gasteiger partial charge in [0.2, 0.25) is 11.8 Å². The van der Waals surface area contributed by atoms with Crippen LogP contribution in [0.5, 0.6) is 0 Å². The summed E-state index contributed by atoms with van der Waals surface area (Å²) in [6.07, 6.45) is 0. The fourth-order valence-electron chi connectivity index (χ4n) is 1.58. The maximum absolute atomic E-state index is 11.8. The largest absolute Gasteiger partial charge is 0.355 e. The van der Waals surface area contributed by atoms with Crippen LogP contribution in [0.25, 0.3) is 0 Å². The molecule has 0 aromatic carbocycles. The van der Waals surface area contributed by atoms with Crippen molar-refractivity contribution in [1.82, 2.24) is 15.1 Å². The van der Waals surface area contributed by atoms with E-state index in [1.54, 1.807) is 16.8 Å². The van der Waals surface area contributed by atoms with Crippen LogP contribution in [-0.4, -0.2) is 61.4 Å². The molecule has 5 heteroatoms. The molecule has 0 spiro atoms. The van der Waals surface area contributed by atoms with Crippen LogP contribution in [-0.2, 0) is 9.59 Å². The Morgan fingerprint density at radius 3 is 2.11 bits per heavy atom. The highest BCUT2D eigenvalue weighted by Crippen LogP contribution is 1.93. The normalized spacial score (nSPS) is 10.8. The van der Waals surface area contributed by atoms with Gasteiger partial charge in [0.1, 0.15) is 0 Å². The van der Waals surface area contributed by atoms with E-state index in [0.717, 1.165) is 0 Å². The Morgan fingerprint density at radius 1 is 1.11 bits per heavy atom. The summed E-state index contributed by atoms with van der Waals surface area (Å²) in [5, 5.41) is 2.84. The SMILES string of the molecule is CCN(CC)C(=O)CN(C)CC(=O)NCC(C)C. The second-order valence-electron chi connectivity index (χ2n) is 4.94. The Morgan fingerprint density at radius 2 is 1.67 bits per heavy atom. The Hall–Kier alpha value is -1.10. The van der Waals surface area contributed by atoms with Gasteiger partial charge in [0, 0.05) is 19.6 Å². The minimum Gasteiger partial charge on any atom is -0.355 e. The van der Waals surface area contributed by atoms with Gasteiger partial charge in [-0.1, -0.05) is 13.8 Å². The van der Waals surface area contributed by atoms with Crippen LogP contribution in [0.2, 0.25) is 0 Å². The molecule has 1 N–H and O–H groups in total. The average molecular weight is 257 g/mol. The predicted molar refractivity (Wildman–Crippen MR) is 73.3 cm³/mol. The lowest BCUT2D eigenvalue weighted by molar-refractivity contribution is -0.132. The first-order chi connectivity index (χ1) is 8.40. The van der Waals surface area contributed by atoms with Crippen molar-refractivity contribution in [2.45, 2.75) is 27.7 Å². The lowest BCUT2D eigenvalue weighted by Crippen LogP contribution is -2.43. The highest BCUT2D eigenvalue weighted by Gasteiger charge is 2.14. The maximum Gasteiger partial charge on any atom is 0.236 e. The Labute approximate surface area is 111 Å². The highest BCUT2D eigenvalue weighted by atomic mass is 16.2. The molecule has 0 bridgehead atoms. The lowest BCUT2D eigenvalue weighted by atomic mass is 10.2. The lowest BCUT2D eigenvalue weighted by Gasteiger charge is -2.22. The second kappa shape index (κ2) is 8.91. The van der Waals surface area contributed by atoms with Gasteiger partial charge in [0.25, 0.3) is 0 Å². The van der Waals surface area contributed by atoms with Crippen molar-refractivity contribution >= 4 is 11.8 Å². The van der Waals surface area contributed by atoms with Gasteiger partial charge in [-0.3, -0.25) is 14.5 Å². The summed E-state index contributed by atoms with van der Waals surface area (Å²) in [7, 11) is 1.79. The molecule has 106 valence electrons. The standard InChI is InChI=1S/C13H27N3O2/c1-6-16(7-2)13(18)10-15(5)9-12(17)14-8-11(3)4/h11H,6-10H2,1-5H3,(H,14,17). The summed E-state index contributed by atoms with van der Waals surface area (Å²) in [5.74, 6) is 0.481. The first kappa shape index (κ1) is 16.9. The van der Waals surface area contributed by atoms with Crippen molar-refractivity contribution in [3.63, 3.8) is 0 Å². The topological polar surface area (TPSA) is 52.7 Å². The molecule has 0 aliphatic rings. The monoisotopic (exact) mass is 257 g/mol. The van der Waals surface area contributed by atoms with Crippen LogP contribution in [0.1, 0.15) is 27.7 Å². The maximum atomic E-state index is 11.8. The van der Waals surface area contributed by atoms with E-state index in [1.165, 1.54) is 0 Å². The summed E-state index contributed by atoms with van der Waals surface area (Å²) in [6.45, 7) is 10.7. The summed E-state index contributed by atoms with van der Waals surface area (Å²) in [5.41, 5.74) is 0. The van der Waals surface area contributed by atoms with Crippen molar-refractivity contribution in [2.24, 2.45) is 5.92 Å². The van der Waals surface area contributed by atoms with Gasteiger partial charge in [-0.05, 0) is 26.8 Å². The van der Waals surface area contributed by atoms with Gasteiger partial charge < -0.3 is 10.2 Å². The van der Waals surface area contributed by atoms with Crippen LogP contribution in [0.15, 0.2) is 0 Å². The molecule has 18 heavy (non-hydrogen) atoms. The average Bonchev–Trinajstić information content (AvgIpc) is 2.27. The fourth-order valence-corrected chi connectivity index (χ4v) is 1.58. The number of nitrogens with zero attached hydrogens (tertiary/aromatic N) is 2. The van der Waals surface area contributed by atoms with Crippen LogP contribution in [0, 0.1) is 5.92 Å². The number of likely N-dealkylation sites (N-methyl/N-ethyl adjacent to an activating group) is 2. The molecular formula is C13H27N3O2. The van der Waals surface area contributed by atoms with Gasteiger partial charge in [0.15, 0.2) is 0 Å². The smallest absolute Gasteiger partial charge is 0.236 e. The Bertz CT molecular complexity index is 263. The van der Waals surface area contributed by atoms with Gasteiger partial charge in [-0.2, -0.15) is 0 Å². The fraction of sp³-hybridized carbons (Fsp3) is 0.846. The molecule has 0 aliphatic carbocycles. The van der Waals surface area contributed by atoms with Crippen molar-refractivity contribution in [3.05, 3.63) is 0 Å². The van der Waals surface area contributed by atoms with Crippen LogP contribution >= 0.6 is 0 Å². The van der Waals surface area contributed by atoms with E-state index in [-0.39, 0.29) is 24.9 Å². The third-order valence-electron chi connectivity index (χ3n) is 2.64. The summed E-state index contributed by atoms with van der Waals surface area (Å²) >= 11 is 0. The van der Waals surface area contributed by atoms with E-state index >= 15 is 0 Å². The first-order valence-electron chi connectivity index (χ1n) is 6.63. The number of rotatable bonds is 8. The zero-order chi connectivity index (χ0) is 14.1. The third kappa shape index (κ3) is 7.27. The number of amides is 2. The molecule has 2 amide bonds. The minimum atomic E-state index is -0.0291. The Kier molecular flexibility index (Phi) is 8.37. The number of hydrogen-bond donors (Lipinski definition) is 1. The van der Waals surface area contributed by atoms with Gasteiger partial charge in [-0.25, -0.2) is 0 Å². The molecular weight excluding hydrogens is 230 g/mol. The summed E-state index contributed by atoms with van der Waals surface area (Å²) in [4.78, 5) is 26.9. The molecule has 0 aromatic rings. The molecule has 0 atom stereocenters. The van der Waals surface area contributed by atoms with Crippen molar-refractivity contribution in [3.8, 4) is 0 Å². The second-order valence-corrected chi connectivity index (χ2v) is 4.94. The molecule has 0 saturated carbocycles. The van der Waals surface area contributed by atoms with E-state index in [1.807, 2.05) is 27.7 Å². The zero-order valence-corrected chi connectivity index (χ0v) is 12.3. The van der Waals surface area contributed by atoms with Gasteiger partial charge in [-0.15, -0.1) is 0 Å². The molecule has 0 rings (SSSR count). The van der Waals surface area contributed by atoms with Crippen molar-refractivity contribution in [2.75, 3.05) is 39.8 Å². The quantitative estimate of drug-likeness (QED) is 0.691. The molecule has 0 aromatic heterocycles. The van der Waals surface area contributed by atoms with Crippen molar-refractivity contribution in [1.29, 1.82) is 0 Å². The Balaban J connectivity index is 3.99. The van der Waals surface area contributed by atoms with E-state index < -0.39 is 0 Å². The zero-order valence-electron chi connectivity index (χ0n) is 12.3. The number of hydrogen-bond acceptors (Lipinski definition) is 3. The van der Waals surface area contributed by atoms with E-state index in [0.29, 0.717) is 25.6 Å². The molecule has 0 fully saturated rings. The molecule has 0 radical (unpaired) electrons. The van der Waals surface area contributed by atoms with Crippen LogP contribution < -0.4 is 5.32 Å². The van der Waals surface area contributed by atoms with Gasteiger partial charge in [0.05, 0.1) is 13.1 Å². The highest BCUT2D eigenvalue weighted by molar-refractivity contribution is 5.81. The van der Waals surface area contributed by atoms with Gasteiger partial charge >= 0.3 is 0 Å². The van der Waals surface area contributed by atoms with E-state index in [4.69, 9.17) is 0 Å². The molecule has 0 unspecified atom stereocenters. The predicted octanol–water partition coefficient (Wildman–Crippen LogP) is 0.559. The minimum absolute atomic E-state index is 0.0291. The van der Waals surface area contributed by atoms with Crippen molar-refractivity contribution < 1.29 is 9.59 Å². The number of carbonyl (C=O) groups is 2. The number of nitrogens with one attached hydrogen (secondary N) is 1. The summed E-state index contributed by atoms with van der Waals surface area (Å²) in [6, 6.07) is 0. The van der Waals surface area contributed by atoms with Crippen LogP contribution in [0.3, 0.4) is 0 Å². The molecule has 0 heterocycles. The van der Waals surface area contributed by atoms with Crippen LogP contribution in [0.4, 0.5) is 0 Å². The molecule has 5 nitrogen and oxygen atoms in total. The molecule has 0 aliphatic heterocycles. The van der Waals surface area contributed by atoms with E-state index in [9.17, 15) is 9.59 Å². The molecule has 0 saturated heterocycles. The summed E-state index contributed by atoms with van der Waals surface area (Å²) < 4.78 is 0. The third-order valence-corrected chi connectivity index (χ3v) is 2.64. The first-order valence-corrected chi connectivity index (χ1v) is 6.63. The number of carbonyl (C=O) groups excluding carboxylic acids is 2.